The lowest BCUT2D eigenvalue weighted by molar-refractivity contribution is 0.336. The highest BCUT2D eigenvalue weighted by Gasteiger charge is 2.16. The van der Waals surface area contributed by atoms with E-state index in [1.54, 1.807) is 13.3 Å². The van der Waals surface area contributed by atoms with E-state index in [0.717, 1.165) is 33.7 Å². The molecule has 0 spiro atoms. The number of halogens is 1. The molecule has 0 saturated carbocycles. The molecule has 32 heavy (non-hydrogen) atoms. The van der Waals surface area contributed by atoms with Crippen LogP contribution in [0.2, 0.25) is 0 Å². The van der Waals surface area contributed by atoms with Crippen molar-refractivity contribution in [2.75, 3.05) is 13.7 Å². The summed E-state index contributed by atoms with van der Waals surface area (Å²) in [6.07, 6.45) is 1.65. The van der Waals surface area contributed by atoms with Crippen LogP contribution in [-0.4, -0.2) is 24.6 Å². The Morgan fingerprint density at radius 2 is 1.97 bits per heavy atom. The number of aromatic nitrogens is 1. The Morgan fingerprint density at radius 1 is 1.16 bits per heavy atom. The SMILES string of the molecule is CCOc1cccc2cc(C(C)NC(=NC)NCc3coc(-c4ccccc4)n3)oc12.I. The molecule has 2 heterocycles. The molecular weight excluding hydrogens is 519 g/mol. The van der Waals surface area contributed by atoms with Crippen LogP contribution in [0, 0.1) is 0 Å². The number of aliphatic imine (C=N–C) groups is 1. The van der Waals surface area contributed by atoms with Gasteiger partial charge in [-0.3, -0.25) is 4.99 Å². The molecule has 0 aliphatic rings. The quantitative estimate of drug-likeness (QED) is 0.180. The van der Waals surface area contributed by atoms with Crippen LogP contribution in [-0.2, 0) is 6.54 Å². The number of hydrogen-bond acceptors (Lipinski definition) is 5. The Labute approximate surface area is 204 Å². The molecule has 0 aliphatic carbocycles. The van der Waals surface area contributed by atoms with Crippen molar-refractivity contribution in [1.82, 2.24) is 15.6 Å². The number of fused-ring (bicyclic) bond motifs is 1. The fourth-order valence-corrected chi connectivity index (χ4v) is 3.29. The van der Waals surface area contributed by atoms with Crippen LogP contribution in [0.15, 0.2) is 74.7 Å². The summed E-state index contributed by atoms with van der Waals surface area (Å²) in [6, 6.07) is 17.6. The van der Waals surface area contributed by atoms with E-state index < -0.39 is 0 Å². The van der Waals surface area contributed by atoms with E-state index in [-0.39, 0.29) is 30.0 Å². The van der Waals surface area contributed by atoms with Gasteiger partial charge in [-0.15, -0.1) is 24.0 Å². The van der Waals surface area contributed by atoms with Gasteiger partial charge in [-0.05, 0) is 38.1 Å². The molecule has 168 valence electrons. The van der Waals surface area contributed by atoms with E-state index >= 15 is 0 Å². The number of hydrogen-bond donors (Lipinski definition) is 2. The van der Waals surface area contributed by atoms with E-state index in [9.17, 15) is 0 Å². The zero-order valence-corrected chi connectivity index (χ0v) is 20.6. The zero-order valence-electron chi connectivity index (χ0n) is 18.3. The molecule has 4 rings (SSSR count). The van der Waals surface area contributed by atoms with E-state index in [1.807, 2.05) is 68.4 Å². The van der Waals surface area contributed by atoms with Crippen molar-refractivity contribution in [3.8, 4) is 17.2 Å². The van der Waals surface area contributed by atoms with Crippen molar-refractivity contribution in [2.45, 2.75) is 26.4 Å². The second-order valence-corrected chi connectivity index (χ2v) is 7.06. The molecule has 8 heteroatoms. The van der Waals surface area contributed by atoms with Gasteiger partial charge in [0, 0.05) is 18.0 Å². The average Bonchev–Trinajstić information content (AvgIpc) is 3.45. The highest BCUT2D eigenvalue weighted by molar-refractivity contribution is 14.0. The van der Waals surface area contributed by atoms with Crippen LogP contribution in [0.3, 0.4) is 0 Å². The van der Waals surface area contributed by atoms with E-state index in [4.69, 9.17) is 13.6 Å². The molecule has 2 aromatic carbocycles. The molecule has 0 amide bonds. The minimum atomic E-state index is -0.0923. The average molecular weight is 546 g/mol. The number of furan rings is 1. The summed E-state index contributed by atoms with van der Waals surface area (Å²) in [4.78, 5) is 8.84. The number of benzene rings is 2. The van der Waals surface area contributed by atoms with Crippen LogP contribution in [0.5, 0.6) is 5.75 Å². The van der Waals surface area contributed by atoms with E-state index in [2.05, 4.69) is 20.6 Å². The number of ether oxygens (including phenoxy) is 1. The molecule has 0 bridgehead atoms. The Hall–Kier alpha value is -3.01. The predicted octanol–water partition coefficient (Wildman–Crippen LogP) is 5.53. The second-order valence-electron chi connectivity index (χ2n) is 7.06. The van der Waals surface area contributed by atoms with Gasteiger partial charge in [-0.25, -0.2) is 4.98 Å². The number of rotatable bonds is 7. The summed E-state index contributed by atoms with van der Waals surface area (Å²) in [5.74, 6) is 2.79. The summed E-state index contributed by atoms with van der Waals surface area (Å²) < 4.78 is 17.3. The van der Waals surface area contributed by atoms with Gasteiger partial charge in [-0.1, -0.05) is 30.3 Å². The normalized spacial score (nSPS) is 12.3. The van der Waals surface area contributed by atoms with Gasteiger partial charge in [-0.2, -0.15) is 0 Å². The van der Waals surface area contributed by atoms with Gasteiger partial charge in [0.2, 0.25) is 5.89 Å². The van der Waals surface area contributed by atoms with Gasteiger partial charge >= 0.3 is 0 Å². The predicted molar refractivity (Wildman–Crippen MR) is 136 cm³/mol. The third-order valence-corrected chi connectivity index (χ3v) is 4.84. The number of para-hydroxylation sites is 1. The number of nitrogens with zero attached hydrogens (tertiary/aromatic N) is 2. The lowest BCUT2D eigenvalue weighted by atomic mass is 10.2. The van der Waals surface area contributed by atoms with Crippen LogP contribution in [0.1, 0.15) is 31.3 Å². The lowest BCUT2D eigenvalue weighted by Crippen LogP contribution is -2.38. The molecule has 0 fully saturated rings. The maximum absolute atomic E-state index is 6.08. The minimum Gasteiger partial charge on any atom is -0.490 e. The van der Waals surface area contributed by atoms with Crippen molar-refractivity contribution >= 4 is 40.9 Å². The molecular formula is C24H27IN4O3. The molecule has 2 N–H and O–H groups in total. The smallest absolute Gasteiger partial charge is 0.226 e. The lowest BCUT2D eigenvalue weighted by Gasteiger charge is -2.15. The van der Waals surface area contributed by atoms with Crippen LogP contribution in [0.25, 0.3) is 22.4 Å². The Kier molecular flexibility index (Phi) is 8.15. The summed E-state index contributed by atoms with van der Waals surface area (Å²) in [5.41, 5.74) is 2.49. The fraction of sp³-hybridized carbons (Fsp3) is 0.250. The Morgan fingerprint density at radius 3 is 2.72 bits per heavy atom. The van der Waals surface area contributed by atoms with Gasteiger partial charge in [0.25, 0.3) is 0 Å². The maximum Gasteiger partial charge on any atom is 0.226 e. The Bertz CT molecular complexity index is 1170. The standard InChI is InChI=1S/C24H26N4O3.HI/c1-4-29-20-12-8-11-18-13-21(31-22(18)20)16(2)27-24(25-3)26-14-19-15-30-23(28-19)17-9-6-5-7-10-17;/h5-13,15-16H,4,14H2,1-3H3,(H2,25,26,27);1H. The van der Waals surface area contributed by atoms with Crippen molar-refractivity contribution in [1.29, 1.82) is 0 Å². The third-order valence-electron chi connectivity index (χ3n) is 4.84. The van der Waals surface area contributed by atoms with Gasteiger partial charge < -0.3 is 24.2 Å². The maximum atomic E-state index is 6.08. The second kappa shape index (κ2) is 11.0. The first-order valence-electron chi connectivity index (χ1n) is 10.3. The van der Waals surface area contributed by atoms with Gasteiger partial charge in [0.05, 0.1) is 24.9 Å². The molecule has 2 aromatic heterocycles. The number of nitrogens with one attached hydrogen (secondary N) is 2. The van der Waals surface area contributed by atoms with Crippen molar-refractivity contribution in [2.24, 2.45) is 4.99 Å². The van der Waals surface area contributed by atoms with Crippen LogP contribution < -0.4 is 15.4 Å². The molecule has 1 unspecified atom stereocenters. The minimum absolute atomic E-state index is 0. The molecule has 0 saturated heterocycles. The molecule has 0 aliphatic heterocycles. The molecule has 1 atom stereocenters. The summed E-state index contributed by atoms with van der Waals surface area (Å²) >= 11 is 0. The molecule has 7 nitrogen and oxygen atoms in total. The molecule has 0 radical (unpaired) electrons. The summed E-state index contributed by atoms with van der Waals surface area (Å²) in [6.45, 7) is 5.06. The monoisotopic (exact) mass is 546 g/mol. The van der Waals surface area contributed by atoms with Crippen molar-refractivity contribution in [3.05, 3.63) is 72.3 Å². The highest BCUT2D eigenvalue weighted by Crippen LogP contribution is 2.31. The summed E-state index contributed by atoms with van der Waals surface area (Å²) in [7, 11) is 1.73. The summed E-state index contributed by atoms with van der Waals surface area (Å²) in [5, 5.41) is 7.62. The number of guanidine groups is 1. The molecule has 4 aromatic rings. The third kappa shape index (κ3) is 5.42. The first-order chi connectivity index (χ1) is 15.2. The van der Waals surface area contributed by atoms with E-state index in [1.165, 1.54) is 0 Å². The topological polar surface area (TPSA) is 84.8 Å². The highest BCUT2D eigenvalue weighted by atomic mass is 127. The van der Waals surface area contributed by atoms with Crippen molar-refractivity contribution in [3.63, 3.8) is 0 Å². The largest absolute Gasteiger partial charge is 0.490 e. The van der Waals surface area contributed by atoms with Crippen LogP contribution >= 0.6 is 24.0 Å². The van der Waals surface area contributed by atoms with Gasteiger partial charge in [0.1, 0.15) is 12.0 Å². The van der Waals surface area contributed by atoms with Gasteiger partial charge in [0.15, 0.2) is 17.3 Å². The fourth-order valence-electron chi connectivity index (χ4n) is 3.29. The van der Waals surface area contributed by atoms with Crippen LogP contribution in [0.4, 0.5) is 0 Å². The first-order valence-corrected chi connectivity index (χ1v) is 10.3. The number of oxazole rings is 1. The zero-order chi connectivity index (χ0) is 21.6. The first kappa shape index (κ1) is 23.6. The Balaban J connectivity index is 0.00000289. The van der Waals surface area contributed by atoms with E-state index in [0.29, 0.717) is 25.0 Å². The van der Waals surface area contributed by atoms with Crippen molar-refractivity contribution < 1.29 is 13.6 Å².